The Morgan fingerprint density at radius 1 is 1.10 bits per heavy atom. The molecular weight excluding hydrogens is 151 g/mol. The van der Waals surface area contributed by atoms with Gasteiger partial charge in [0.2, 0.25) is 0 Å². The first kappa shape index (κ1) is 17.6. The minimum absolute atomic E-state index is 0. The molecule has 0 aromatic carbocycles. The Hall–Kier alpha value is 1.56. The molecule has 0 aliphatic rings. The van der Waals surface area contributed by atoms with Gasteiger partial charge in [0.15, 0.2) is 0 Å². The van der Waals surface area contributed by atoms with Gasteiger partial charge in [0.1, 0.15) is 0 Å². The summed E-state index contributed by atoms with van der Waals surface area (Å²) in [5.41, 5.74) is 0. The second-order valence-electron chi connectivity index (χ2n) is 2.50. The minimum Gasteiger partial charge on any atom is -0.668 e. The van der Waals surface area contributed by atoms with Crippen LogP contribution in [-0.4, -0.2) is 39.1 Å². The molecule has 0 radical (unpaired) electrons. The summed E-state index contributed by atoms with van der Waals surface area (Å²) < 4.78 is 0. The molecule has 0 saturated carbocycles. The van der Waals surface area contributed by atoms with E-state index in [0.29, 0.717) is 6.04 Å². The maximum atomic E-state index is 3.50. The average Bonchev–Trinajstić information content (AvgIpc) is 1.68. The third kappa shape index (κ3) is 22.7. The largest absolute Gasteiger partial charge is 1.00 e. The summed E-state index contributed by atoms with van der Waals surface area (Å²) in [4.78, 5) is 2.17. The molecule has 0 aliphatic heterocycles. The van der Waals surface area contributed by atoms with Gasteiger partial charge in [0.25, 0.3) is 0 Å². The SMILES string of the molecule is CC(C)N(C)C.C[N-]C.[K+]. The minimum atomic E-state index is 0. The molecule has 0 heterocycles. The van der Waals surface area contributed by atoms with Gasteiger partial charge >= 0.3 is 51.4 Å². The second kappa shape index (κ2) is 13.2. The first-order valence-electron chi connectivity index (χ1n) is 3.20. The Labute approximate surface area is 108 Å². The van der Waals surface area contributed by atoms with Crippen molar-refractivity contribution in [2.45, 2.75) is 19.9 Å². The first-order valence-corrected chi connectivity index (χ1v) is 3.20. The van der Waals surface area contributed by atoms with Crippen LogP contribution in [0.4, 0.5) is 0 Å². The van der Waals surface area contributed by atoms with Crippen molar-refractivity contribution in [1.29, 1.82) is 0 Å². The third-order valence-corrected chi connectivity index (χ3v) is 1.03. The zero-order valence-corrected chi connectivity index (χ0v) is 11.6. The van der Waals surface area contributed by atoms with Crippen molar-refractivity contribution in [3.8, 4) is 0 Å². The Kier molecular flexibility index (Phi) is 23.2. The van der Waals surface area contributed by atoms with Gasteiger partial charge in [-0.25, -0.2) is 0 Å². The number of hydrogen-bond acceptors (Lipinski definition) is 1. The molecule has 3 heteroatoms. The van der Waals surface area contributed by atoms with Crippen LogP contribution in [0, 0.1) is 0 Å². The molecule has 0 atom stereocenters. The van der Waals surface area contributed by atoms with Gasteiger partial charge in [-0.05, 0) is 27.9 Å². The summed E-state index contributed by atoms with van der Waals surface area (Å²) >= 11 is 0. The van der Waals surface area contributed by atoms with Crippen molar-refractivity contribution >= 4 is 0 Å². The Morgan fingerprint density at radius 2 is 1.20 bits per heavy atom. The normalized spacial score (nSPS) is 8.40. The fraction of sp³-hybridized carbons (Fsp3) is 1.00. The fourth-order valence-corrected chi connectivity index (χ4v) is 0. The van der Waals surface area contributed by atoms with E-state index in [1.807, 2.05) is 0 Å². The van der Waals surface area contributed by atoms with Crippen molar-refractivity contribution < 1.29 is 51.4 Å². The topological polar surface area (TPSA) is 17.3 Å². The van der Waals surface area contributed by atoms with Gasteiger partial charge in [0, 0.05) is 6.04 Å². The Morgan fingerprint density at radius 3 is 1.20 bits per heavy atom. The molecule has 2 nitrogen and oxygen atoms in total. The molecule has 0 spiro atoms. The molecule has 0 aromatic heterocycles. The predicted octanol–water partition coefficient (Wildman–Crippen LogP) is -1.42. The molecule has 0 bridgehead atoms. The van der Waals surface area contributed by atoms with Crippen LogP contribution in [0.15, 0.2) is 0 Å². The molecule has 0 N–H and O–H groups in total. The van der Waals surface area contributed by atoms with Gasteiger partial charge in [-0.15, -0.1) is 0 Å². The Bertz CT molecular complexity index is 40.9. The molecule has 0 fully saturated rings. The van der Waals surface area contributed by atoms with Crippen LogP contribution in [0.5, 0.6) is 0 Å². The van der Waals surface area contributed by atoms with Crippen LogP contribution in [0.3, 0.4) is 0 Å². The van der Waals surface area contributed by atoms with Crippen molar-refractivity contribution in [1.82, 2.24) is 4.90 Å². The monoisotopic (exact) mass is 170 g/mol. The van der Waals surface area contributed by atoms with Gasteiger partial charge in [-0.3, -0.25) is 0 Å². The molecular formula is C7H19KN2. The first-order chi connectivity index (χ1) is 4.06. The van der Waals surface area contributed by atoms with E-state index < -0.39 is 0 Å². The van der Waals surface area contributed by atoms with Gasteiger partial charge in [0.05, 0.1) is 0 Å². The van der Waals surface area contributed by atoms with Crippen LogP contribution < -0.4 is 51.4 Å². The second-order valence-corrected chi connectivity index (χ2v) is 2.50. The quantitative estimate of drug-likeness (QED) is 0.442. The summed E-state index contributed by atoms with van der Waals surface area (Å²) in [6.07, 6.45) is 0. The zero-order chi connectivity index (χ0) is 7.86. The van der Waals surface area contributed by atoms with Crippen LogP contribution in [0.1, 0.15) is 13.8 Å². The molecule has 0 aliphatic carbocycles. The van der Waals surface area contributed by atoms with Gasteiger partial charge in [-0.2, -0.15) is 14.1 Å². The molecule has 0 aromatic rings. The molecule has 10 heavy (non-hydrogen) atoms. The number of nitrogens with zero attached hydrogens (tertiary/aromatic N) is 2. The van der Waals surface area contributed by atoms with E-state index in [1.54, 1.807) is 14.1 Å². The van der Waals surface area contributed by atoms with E-state index in [1.165, 1.54) is 0 Å². The molecule has 0 rings (SSSR count). The summed E-state index contributed by atoms with van der Waals surface area (Å²) in [6.45, 7) is 4.33. The van der Waals surface area contributed by atoms with Crippen molar-refractivity contribution in [3.05, 3.63) is 5.32 Å². The average molecular weight is 170 g/mol. The molecule has 0 saturated heterocycles. The summed E-state index contributed by atoms with van der Waals surface area (Å²) in [5, 5.41) is 3.50. The van der Waals surface area contributed by atoms with E-state index in [0.717, 1.165) is 0 Å². The fourth-order valence-electron chi connectivity index (χ4n) is 0. The summed E-state index contributed by atoms with van der Waals surface area (Å²) in [7, 11) is 7.65. The van der Waals surface area contributed by atoms with E-state index in [-0.39, 0.29) is 51.4 Å². The van der Waals surface area contributed by atoms with Crippen molar-refractivity contribution in [2.75, 3.05) is 28.2 Å². The van der Waals surface area contributed by atoms with E-state index >= 15 is 0 Å². The van der Waals surface area contributed by atoms with Crippen LogP contribution in [-0.2, 0) is 0 Å². The zero-order valence-electron chi connectivity index (χ0n) is 8.47. The van der Waals surface area contributed by atoms with E-state index in [9.17, 15) is 0 Å². The third-order valence-electron chi connectivity index (χ3n) is 1.03. The van der Waals surface area contributed by atoms with Crippen molar-refractivity contribution in [3.63, 3.8) is 0 Å². The smallest absolute Gasteiger partial charge is 0.668 e. The summed E-state index contributed by atoms with van der Waals surface area (Å²) in [6, 6.07) is 0.685. The number of rotatable bonds is 1. The maximum Gasteiger partial charge on any atom is 1.00 e. The summed E-state index contributed by atoms with van der Waals surface area (Å²) in [5.74, 6) is 0. The number of hydrogen-bond donors (Lipinski definition) is 0. The van der Waals surface area contributed by atoms with Crippen LogP contribution in [0.25, 0.3) is 5.32 Å². The van der Waals surface area contributed by atoms with Crippen LogP contribution in [0.2, 0.25) is 0 Å². The van der Waals surface area contributed by atoms with Crippen LogP contribution >= 0.6 is 0 Å². The molecule has 0 unspecified atom stereocenters. The van der Waals surface area contributed by atoms with Crippen molar-refractivity contribution in [2.24, 2.45) is 0 Å². The standard InChI is InChI=1S/C5H13N.C2H6N.K/c1-5(2)6(3)4;1-3-2;/h5H,1-4H3;1-2H3;/q;-1;+1. The Balaban J connectivity index is -0.000000107. The maximum absolute atomic E-state index is 3.50. The van der Waals surface area contributed by atoms with E-state index in [2.05, 4.69) is 38.2 Å². The molecule has 0 amide bonds. The van der Waals surface area contributed by atoms with E-state index in [4.69, 9.17) is 0 Å². The van der Waals surface area contributed by atoms with Gasteiger partial charge < -0.3 is 10.2 Å². The molecule has 58 valence electrons. The predicted molar refractivity (Wildman–Crippen MR) is 44.0 cm³/mol. The van der Waals surface area contributed by atoms with Gasteiger partial charge in [-0.1, -0.05) is 0 Å².